The van der Waals surface area contributed by atoms with Crippen LogP contribution in [0.3, 0.4) is 0 Å². The molecule has 6 heteroatoms. The van der Waals surface area contributed by atoms with E-state index >= 15 is 0 Å². The van der Waals surface area contributed by atoms with Crippen molar-refractivity contribution in [3.63, 3.8) is 0 Å². The Hall–Kier alpha value is -1.47. The van der Waals surface area contributed by atoms with E-state index in [1.165, 1.54) is 0 Å². The number of aliphatic hydroxyl groups excluding tert-OH is 2. The Morgan fingerprint density at radius 3 is 2.65 bits per heavy atom. The van der Waals surface area contributed by atoms with Crippen LogP contribution in [0.2, 0.25) is 0 Å². The summed E-state index contributed by atoms with van der Waals surface area (Å²) in [4.78, 5) is 12.4. The van der Waals surface area contributed by atoms with Crippen molar-refractivity contribution in [1.29, 1.82) is 0 Å². The Balaban J connectivity index is 1.67. The lowest BCUT2D eigenvalue weighted by Gasteiger charge is -2.50. The van der Waals surface area contributed by atoms with Crippen molar-refractivity contribution in [1.82, 2.24) is 0 Å². The highest BCUT2D eigenvalue weighted by atomic mass is 16.6. The highest BCUT2D eigenvalue weighted by Gasteiger charge is 2.53. The number of ether oxygens (including phenoxy) is 1. The molecule has 0 aliphatic carbocycles. The third kappa shape index (κ3) is 2.99. The summed E-state index contributed by atoms with van der Waals surface area (Å²) in [6, 6.07) is 8.35. The van der Waals surface area contributed by atoms with Crippen molar-refractivity contribution in [3.8, 4) is 0 Å². The first-order chi connectivity index (χ1) is 10.9. The van der Waals surface area contributed by atoms with Gasteiger partial charge >= 0.3 is 5.97 Å². The van der Waals surface area contributed by atoms with Gasteiger partial charge in [-0.2, -0.15) is 0 Å². The number of piperidine rings is 1. The van der Waals surface area contributed by atoms with Crippen LogP contribution in [0.25, 0.3) is 0 Å². The molecule has 2 heterocycles. The van der Waals surface area contributed by atoms with Crippen LogP contribution in [0.5, 0.6) is 0 Å². The first-order valence-corrected chi connectivity index (χ1v) is 8.04. The minimum atomic E-state index is -0.714. The van der Waals surface area contributed by atoms with E-state index < -0.39 is 28.7 Å². The van der Waals surface area contributed by atoms with Gasteiger partial charge in [0.25, 0.3) is 0 Å². The summed E-state index contributed by atoms with van der Waals surface area (Å²) in [7, 11) is 1.59. The first-order valence-electron chi connectivity index (χ1n) is 8.04. The normalized spacial score (nSPS) is 37.4. The van der Waals surface area contributed by atoms with Gasteiger partial charge in [0.05, 0.1) is 19.7 Å². The number of hydroxylamine groups is 3. The molecule has 0 aromatic heterocycles. The molecule has 23 heavy (non-hydrogen) atoms. The predicted octanol–water partition coefficient (Wildman–Crippen LogP) is 0.914. The van der Waals surface area contributed by atoms with E-state index in [-0.39, 0.29) is 18.8 Å². The van der Waals surface area contributed by atoms with Crippen LogP contribution in [-0.2, 0) is 9.53 Å². The highest BCUT2D eigenvalue weighted by molar-refractivity contribution is 5.78. The van der Waals surface area contributed by atoms with Gasteiger partial charge in [0.15, 0.2) is 0 Å². The van der Waals surface area contributed by atoms with E-state index in [2.05, 4.69) is 0 Å². The largest absolute Gasteiger partial charge is 0.633 e. The van der Waals surface area contributed by atoms with Crippen molar-refractivity contribution >= 4 is 5.97 Å². The van der Waals surface area contributed by atoms with Gasteiger partial charge in [-0.15, -0.1) is 0 Å². The van der Waals surface area contributed by atoms with Crippen molar-refractivity contribution in [2.24, 2.45) is 0 Å². The van der Waals surface area contributed by atoms with E-state index in [4.69, 9.17) is 4.74 Å². The van der Waals surface area contributed by atoms with Gasteiger partial charge < -0.3 is 24.8 Å². The summed E-state index contributed by atoms with van der Waals surface area (Å²) >= 11 is 0. The van der Waals surface area contributed by atoms with Gasteiger partial charge in [0.2, 0.25) is 0 Å². The quantitative estimate of drug-likeness (QED) is 0.489. The molecule has 0 spiro atoms. The molecule has 2 fully saturated rings. The molecule has 126 valence electrons. The summed E-state index contributed by atoms with van der Waals surface area (Å²) in [5, 5.41) is 32.0. The minimum absolute atomic E-state index is 0.231. The molecule has 1 aromatic rings. The summed E-state index contributed by atoms with van der Waals surface area (Å²) in [6.07, 6.45) is 0.296. The van der Waals surface area contributed by atoms with Crippen molar-refractivity contribution in [2.45, 2.75) is 49.5 Å². The van der Waals surface area contributed by atoms with Crippen molar-refractivity contribution < 1.29 is 24.4 Å². The monoisotopic (exact) mass is 321 g/mol. The lowest BCUT2D eigenvalue weighted by Crippen LogP contribution is -2.56. The molecule has 6 nitrogen and oxygen atoms in total. The number of aliphatic hydroxyl groups is 2. The van der Waals surface area contributed by atoms with Crippen LogP contribution in [0, 0.1) is 5.21 Å². The zero-order chi connectivity index (χ0) is 16.6. The molecule has 6 unspecified atom stereocenters. The van der Waals surface area contributed by atoms with Crippen LogP contribution >= 0.6 is 0 Å². The summed E-state index contributed by atoms with van der Waals surface area (Å²) < 4.78 is 5.12. The van der Waals surface area contributed by atoms with E-state index in [0.717, 1.165) is 0 Å². The Kier molecular flexibility index (Phi) is 4.42. The Bertz CT molecular complexity index is 561. The molecule has 3 rings (SSSR count). The molecule has 2 aliphatic rings. The molecule has 6 atom stereocenters. The van der Waals surface area contributed by atoms with Gasteiger partial charge in [0.1, 0.15) is 24.2 Å². The van der Waals surface area contributed by atoms with Gasteiger partial charge in [-0.3, -0.25) is 4.79 Å². The fourth-order valence-corrected chi connectivity index (χ4v) is 3.94. The zero-order valence-corrected chi connectivity index (χ0v) is 13.2. The number of carbonyl (C=O) groups is 1. The lowest BCUT2D eigenvalue weighted by molar-refractivity contribution is -0.905. The standard InChI is InChI=1S/C17H23NO5/c1-18(22)12-7-13(9-15(18)16(20)8-12)23-17(21)14(10-19)11-5-3-2-4-6-11/h2-6,12-16,19-20H,7-10H2,1H3. The maximum Gasteiger partial charge on any atom is 0.316 e. The average molecular weight is 321 g/mol. The number of likely N-dealkylation sites (N-methyl/N-ethyl adjacent to an activating group) is 1. The molecule has 0 amide bonds. The molecule has 0 radical (unpaired) electrons. The van der Waals surface area contributed by atoms with E-state index in [0.29, 0.717) is 24.8 Å². The van der Waals surface area contributed by atoms with Gasteiger partial charge in [-0.05, 0) is 5.56 Å². The smallest absolute Gasteiger partial charge is 0.316 e. The van der Waals surface area contributed by atoms with Crippen LogP contribution in [0.1, 0.15) is 30.7 Å². The number of nitrogens with zero attached hydrogens (tertiary/aromatic N) is 1. The van der Waals surface area contributed by atoms with E-state index in [1.54, 1.807) is 19.2 Å². The third-order valence-corrected chi connectivity index (χ3v) is 5.33. The number of fused-ring (bicyclic) bond motifs is 2. The fourth-order valence-electron chi connectivity index (χ4n) is 3.94. The van der Waals surface area contributed by atoms with Crippen LogP contribution in [-0.4, -0.2) is 58.8 Å². The number of quaternary nitrogens is 1. The molecule has 2 aliphatic heterocycles. The van der Waals surface area contributed by atoms with E-state index in [9.17, 15) is 20.2 Å². The maximum absolute atomic E-state index is 12.5. The Labute approximate surface area is 135 Å². The van der Waals surface area contributed by atoms with Crippen molar-refractivity contribution in [2.75, 3.05) is 13.7 Å². The molecule has 0 saturated carbocycles. The second kappa shape index (κ2) is 6.20. The van der Waals surface area contributed by atoms with Gasteiger partial charge in [-0.1, -0.05) is 30.3 Å². The Morgan fingerprint density at radius 2 is 2.04 bits per heavy atom. The maximum atomic E-state index is 12.5. The number of esters is 1. The van der Waals surface area contributed by atoms with Crippen LogP contribution < -0.4 is 0 Å². The van der Waals surface area contributed by atoms with Crippen LogP contribution in [0.4, 0.5) is 0 Å². The molecule has 2 bridgehead atoms. The SMILES string of the molecule is C[N+]1([O-])C2CC(OC(=O)C(CO)c3ccccc3)CC1C(O)C2. The molecular formula is C17H23NO5. The predicted molar refractivity (Wildman–Crippen MR) is 83.1 cm³/mol. The zero-order valence-electron chi connectivity index (χ0n) is 13.2. The first kappa shape index (κ1) is 16.4. The third-order valence-electron chi connectivity index (χ3n) is 5.33. The second-order valence-corrected chi connectivity index (χ2v) is 6.76. The highest BCUT2D eigenvalue weighted by Crippen LogP contribution is 2.41. The average Bonchev–Trinajstić information content (AvgIpc) is 2.65. The minimum Gasteiger partial charge on any atom is -0.633 e. The van der Waals surface area contributed by atoms with E-state index in [1.807, 2.05) is 18.2 Å². The number of hydrogen-bond donors (Lipinski definition) is 2. The summed E-state index contributed by atoms with van der Waals surface area (Å²) in [5.41, 5.74) is 0.711. The van der Waals surface area contributed by atoms with Crippen LogP contribution in [0.15, 0.2) is 30.3 Å². The molecule has 2 N–H and O–H groups in total. The summed E-state index contributed by atoms with van der Waals surface area (Å²) in [5.74, 6) is -1.19. The molecular weight excluding hydrogens is 298 g/mol. The second-order valence-electron chi connectivity index (χ2n) is 6.76. The number of carbonyl (C=O) groups excluding carboxylic acids is 1. The lowest BCUT2D eigenvalue weighted by atomic mass is 9.97. The van der Waals surface area contributed by atoms with Gasteiger partial charge in [-0.25, -0.2) is 0 Å². The fraction of sp³-hybridized carbons (Fsp3) is 0.588. The molecule has 2 saturated heterocycles. The Morgan fingerprint density at radius 1 is 1.35 bits per heavy atom. The summed E-state index contributed by atoms with van der Waals surface area (Å²) in [6.45, 7) is -0.319. The number of hydrogen-bond acceptors (Lipinski definition) is 5. The number of benzene rings is 1. The topological polar surface area (TPSA) is 89.8 Å². The molecule has 1 aromatic carbocycles. The number of rotatable bonds is 4. The van der Waals surface area contributed by atoms with Crippen molar-refractivity contribution in [3.05, 3.63) is 41.1 Å². The van der Waals surface area contributed by atoms with Gasteiger partial charge in [0, 0.05) is 19.3 Å².